The molecule has 2 heterocycles. The van der Waals surface area contributed by atoms with E-state index in [1.54, 1.807) is 24.3 Å². The van der Waals surface area contributed by atoms with Crippen molar-refractivity contribution < 1.29 is 29.0 Å². The Morgan fingerprint density at radius 1 is 1.09 bits per heavy atom. The minimum Gasteiger partial charge on any atom is -0.492 e. The van der Waals surface area contributed by atoms with Crippen molar-refractivity contribution in [3.8, 4) is 16.9 Å². The van der Waals surface area contributed by atoms with Crippen LogP contribution >= 0.6 is 47.2 Å². The number of rotatable bonds is 11. The molecule has 0 radical (unpaired) electrons. The van der Waals surface area contributed by atoms with Crippen LogP contribution in [0, 0.1) is 5.92 Å². The number of hydrogen-bond donors (Lipinski definition) is 2. The Kier molecular flexibility index (Phi) is 11.8. The van der Waals surface area contributed by atoms with E-state index in [2.05, 4.69) is 10.2 Å². The van der Waals surface area contributed by atoms with Crippen molar-refractivity contribution in [1.82, 2.24) is 15.1 Å². The molecular formula is C32H35Cl2N3O6S2. The van der Waals surface area contributed by atoms with Gasteiger partial charge in [-0.3, -0.25) is 24.2 Å². The number of ether oxygens (including phenoxy) is 2. The van der Waals surface area contributed by atoms with Gasteiger partial charge < -0.3 is 19.9 Å². The molecule has 0 unspecified atom stereocenters. The van der Waals surface area contributed by atoms with Gasteiger partial charge in [-0.2, -0.15) is 0 Å². The van der Waals surface area contributed by atoms with Gasteiger partial charge in [0.15, 0.2) is 0 Å². The maximum atomic E-state index is 13.5. The molecule has 2 aliphatic heterocycles. The summed E-state index contributed by atoms with van der Waals surface area (Å²) in [6, 6.07) is 10.9. The van der Waals surface area contributed by atoms with E-state index in [1.165, 1.54) is 16.7 Å². The van der Waals surface area contributed by atoms with Crippen LogP contribution in [0.2, 0.25) is 10.0 Å². The van der Waals surface area contributed by atoms with Crippen molar-refractivity contribution in [3.05, 3.63) is 56.9 Å². The van der Waals surface area contributed by atoms with E-state index in [0.717, 1.165) is 30.8 Å². The third-order valence-corrected chi connectivity index (χ3v) is 10.1. The summed E-state index contributed by atoms with van der Waals surface area (Å²) in [5, 5.41) is 13.3. The van der Waals surface area contributed by atoms with Crippen LogP contribution in [-0.2, 0) is 19.1 Å². The first-order chi connectivity index (χ1) is 21.7. The number of carboxylic acids is 1. The minimum absolute atomic E-state index is 0.0545. The maximum Gasteiger partial charge on any atom is 0.306 e. The maximum absolute atomic E-state index is 13.5. The van der Waals surface area contributed by atoms with E-state index in [-0.39, 0.29) is 36.7 Å². The molecule has 3 fully saturated rings. The molecule has 0 aromatic heterocycles. The fourth-order valence-corrected chi connectivity index (χ4v) is 7.32. The highest BCUT2D eigenvalue weighted by Gasteiger charge is 2.33. The second-order valence-corrected chi connectivity index (χ2v) is 13.7. The Bertz CT molecular complexity index is 1470. The van der Waals surface area contributed by atoms with E-state index in [0.29, 0.717) is 76.1 Å². The van der Waals surface area contributed by atoms with Gasteiger partial charge in [-0.15, -0.1) is 0 Å². The number of hydrogen-bond acceptors (Lipinski definition) is 8. The molecule has 45 heavy (non-hydrogen) atoms. The lowest BCUT2D eigenvalue weighted by atomic mass is 9.86. The Hall–Kier alpha value is -2.67. The fraction of sp³-hybridized carbons (Fsp3) is 0.438. The normalized spacial score (nSPS) is 21.7. The summed E-state index contributed by atoms with van der Waals surface area (Å²) in [4.78, 5) is 41.5. The largest absolute Gasteiger partial charge is 0.492 e. The van der Waals surface area contributed by atoms with Crippen molar-refractivity contribution in [3.63, 3.8) is 0 Å². The Labute approximate surface area is 282 Å². The van der Waals surface area contributed by atoms with Gasteiger partial charge in [-0.1, -0.05) is 53.2 Å². The molecule has 240 valence electrons. The van der Waals surface area contributed by atoms with E-state index >= 15 is 0 Å². The molecular weight excluding hydrogens is 657 g/mol. The summed E-state index contributed by atoms with van der Waals surface area (Å²) in [5.74, 6) is -0.973. The van der Waals surface area contributed by atoms with E-state index in [9.17, 15) is 19.5 Å². The average Bonchev–Trinajstić information content (AvgIpc) is 3.29. The first kappa shape index (κ1) is 33.7. The van der Waals surface area contributed by atoms with Crippen molar-refractivity contribution >= 4 is 75.4 Å². The molecule has 0 atom stereocenters. The summed E-state index contributed by atoms with van der Waals surface area (Å²) in [6.45, 7) is 4.49. The van der Waals surface area contributed by atoms with Crippen LogP contribution in [0.4, 0.5) is 0 Å². The molecule has 2 amide bonds. The number of nitrogens with zero attached hydrogens (tertiary/aromatic N) is 2. The molecule has 2 N–H and O–H groups in total. The van der Waals surface area contributed by atoms with Crippen LogP contribution in [0.1, 0.15) is 37.7 Å². The number of carbonyl (C=O) groups is 3. The number of amides is 2. The lowest BCUT2D eigenvalue weighted by molar-refractivity contribution is -0.142. The first-order valence-electron chi connectivity index (χ1n) is 15.0. The molecule has 2 aromatic rings. The third-order valence-electron chi connectivity index (χ3n) is 8.18. The number of morpholine rings is 1. The first-order valence-corrected chi connectivity index (χ1v) is 17.0. The number of halogens is 2. The van der Waals surface area contributed by atoms with Crippen LogP contribution in [0.25, 0.3) is 17.2 Å². The Morgan fingerprint density at radius 2 is 1.84 bits per heavy atom. The smallest absolute Gasteiger partial charge is 0.306 e. The Balaban J connectivity index is 1.27. The van der Waals surface area contributed by atoms with Crippen molar-refractivity contribution in [2.24, 2.45) is 5.92 Å². The fourth-order valence-electron chi connectivity index (χ4n) is 5.62. The summed E-state index contributed by atoms with van der Waals surface area (Å²) in [7, 11) is 0. The van der Waals surface area contributed by atoms with Crippen LogP contribution < -0.4 is 10.1 Å². The molecule has 0 bridgehead atoms. The molecule has 13 heteroatoms. The predicted molar refractivity (Wildman–Crippen MR) is 181 cm³/mol. The third kappa shape index (κ3) is 8.99. The van der Waals surface area contributed by atoms with Crippen molar-refractivity contribution in [2.75, 3.05) is 46.0 Å². The molecule has 1 aliphatic carbocycles. The summed E-state index contributed by atoms with van der Waals surface area (Å²) in [6.07, 6.45) is 4.21. The van der Waals surface area contributed by atoms with Gasteiger partial charge in [-0.25, -0.2) is 0 Å². The van der Waals surface area contributed by atoms with Crippen LogP contribution in [0.15, 0.2) is 41.3 Å². The molecule has 3 aliphatic rings. The van der Waals surface area contributed by atoms with Gasteiger partial charge in [-0.05, 0) is 67.7 Å². The topological polar surface area (TPSA) is 108 Å². The Morgan fingerprint density at radius 3 is 2.58 bits per heavy atom. The van der Waals surface area contributed by atoms with E-state index in [1.807, 2.05) is 18.2 Å². The number of nitrogens with one attached hydrogen (secondary N) is 1. The predicted octanol–water partition coefficient (Wildman–Crippen LogP) is 5.72. The van der Waals surface area contributed by atoms with Gasteiger partial charge in [0.05, 0.1) is 24.0 Å². The molecule has 0 spiro atoms. The molecule has 2 saturated heterocycles. The second-order valence-electron chi connectivity index (χ2n) is 11.2. The highest BCUT2D eigenvalue weighted by atomic mass is 35.5. The number of aliphatic carboxylic acids is 1. The average molecular weight is 693 g/mol. The highest BCUT2D eigenvalue weighted by molar-refractivity contribution is 8.26. The van der Waals surface area contributed by atoms with Gasteiger partial charge in [0.2, 0.25) is 5.91 Å². The standard InChI is InChI=1S/C32H35Cl2N3O6S2/c33-23-4-7-26(34)25(19-23)21-3-8-27(43-16-13-36-11-14-42-15-12-36)22(17-21)18-28-30(39)37(32(44)45-28)10-9-29(38)35-24-5-1-20(2-6-24)31(40)41/h3-4,7-8,17-20,24H,1-2,5-6,9-16H2,(H,35,38)(H,40,41)/b28-18-. The van der Waals surface area contributed by atoms with Gasteiger partial charge in [0, 0.05) is 59.8 Å². The van der Waals surface area contributed by atoms with Crippen LogP contribution in [0.3, 0.4) is 0 Å². The number of benzene rings is 2. The zero-order valence-corrected chi connectivity index (χ0v) is 27.8. The SMILES string of the molecule is O=C(CCN1C(=O)/C(=C/c2cc(-c3cc(Cl)ccc3Cl)ccc2OCCN2CCOCC2)SC1=S)NC1CCC(C(=O)O)CC1. The quantitative estimate of drug-likeness (QED) is 0.226. The lowest BCUT2D eigenvalue weighted by Gasteiger charge is -2.27. The van der Waals surface area contributed by atoms with Gasteiger partial charge >= 0.3 is 5.97 Å². The van der Waals surface area contributed by atoms with Gasteiger partial charge in [0.1, 0.15) is 16.7 Å². The number of carboxylic acid groups (broad SMARTS) is 1. The number of thiocarbonyl (C=S) groups is 1. The number of carbonyl (C=O) groups excluding carboxylic acids is 2. The minimum atomic E-state index is -0.783. The molecule has 5 rings (SSSR count). The lowest BCUT2D eigenvalue weighted by Crippen LogP contribution is -2.40. The molecule has 1 saturated carbocycles. The highest BCUT2D eigenvalue weighted by Crippen LogP contribution is 2.38. The molecule has 9 nitrogen and oxygen atoms in total. The van der Waals surface area contributed by atoms with Crippen LogP contribution in [-0.4, -0.2) is 89.1 Å². The summed E-state index contributed by atoms with van der Waals surface area (Å²) >= 11 is 19.5. The van der Waals surface area contributed by atoms with E-state index < -0.39 is 5.97 Å². The zero-order chi connectivity index (χ0) is 31.9. The molecule has 2 aromatic carbocycles. The second kappa shape index (κ2) is 15.8. The van der Waals surface area contributed by atoms with E-state index in [4.69, 9.17) is 44.9 Å². The number of thioether (sulfide) groups is 1. The summed E-state index contributed by atoms with van der Waals surface area (Å²) in [5.41, 5.74) is 2.27. The van der Waals surface area contributed by atoms with Crippen LogP contribution in [0.5, 0.6) is 5.75 Å². The summed E-state index contributed by atoms with van der Waals surface area (Å²) < 4.78 is 12.0. The monoisotopic (exact) mass is 691 g/mol. The zero-order valence-electron chi connectivity index (χ0n) is 24.6. The van der Waals surface area contributed by atoms with Gasteiger partial charge in [0.25, 0.3) is 5.91 Å². The van der Waals surface area contributed by atoms with Crippen molar-refractivity contribution in [1.29, 1.82) is 0 Å². The van der Waals surface area contributed by atoms with Crippen molar-refractivity contribution in [2.45, 2.75) is 38.1 Å².